The lowest BCUT2D eigenvalue weighted by molar-refractivity contribution is -0.147. The van der Waals surface area contributed by atoms with Crippen molar-refractivity contribution in [2.45, 2.75) is 32.2 Å². The minimum absolute atomic E-state index is 0.0610. The number of rotatable bonds is 12. The number of nitrogens with one attached hydrogen (secondary N) is 2. The topological polar surface area (TPSA) is 106 Å². The summed E-state index contributed by atoms with van der Waals surface area (Å²) >= 11 is 5.46. The van der Waals surface area contributed by atoms with Crippen LogP contribution in [-0.4, -0.2) is 73.4 Å². The molecule has 2 aromatic rings. The fourth-order valence-corrected chi connectivity index (χ4v) is 4.17. The molecule has 0 aliphatic carbocycles. The molecule has 1 fully saturated rings. The lowest BCUT2D eigenvalue weighted by atomic mass is 10.1. The summed E-state index contributed by atoms with van der Waals surface area (Å²) in [7, 11) is 0. The van der Waals surface area contributed by atoms with Gasteiger partial charge in [-0.1, -0.05) is 42.5 Å². The van der Waals surface area contributed by atoms with Crippen molar-refractivity contribution in [1.29, 1.82) is 0 Å². The van der Waals surface area contributed by atoms with Crippen LogP contribution in [0.5, 0.6) is 5.75 Å². The van der Waals surface area contributed by atoms with Gasteiger partial charge < -0.3 is 24.4 Å². The van der Waals surface area contributed by atoms with Gasteiger partial charge in [-0.25, -0.2) is 0 Å². The van der Waals surface area contributed by atoms with Gasteiger partial charge in [-0.05, 0) is 49.7 Å². The zero-order chi connectivity index (χ0) is 26.5. The maximum absolute atomic E-state index is 13.0. The molecule has 10 heteroatoms. The molecule has 0 saturated carbocycles. The van der Waals surface area contributed by atoms with Gasteiger partial charge >= 0.3 is 5.97 Å². The van der Waals surface area contributed by atoms with Gasteiger partial charge in [0.2, 0.25) is 5.91 Å². The van der Waals surface area contributed by atoms with E-state index in [1.54, 1.807) is 29.2 Å². The number of hydrogen-bond donors (Lipinski definition) is 2. The number of aryl methyl sites for hydroxylation is 1. The van der Waals surface area contributed by atoms with E-state index in [4.69, 9.17) is 26.4 Å². The standard InChI is InChI=1S/C27H33N3O6S/c1-2-34-17-18-35-23-13-7-6-12-21(23)25(32)29-27(37)30-15-14-28-26(33)22(30)19-24(31)36-16-8-11-20-9-4-3-5-10-20/h3-7,9-10,12-13,22H,2,8,11,14-19H2,1H3,(H,28,33)(H,29,32,37). The summed E-state index contributed by atoms with van der Waals surface area (Å²) in [5, 5.41) is 5.48. The highest BCUT2D eigenvalue weighted by atomic mass is 32.1. The monoisotopic (exact) mass is 527 g/mol. The minimum Gasteiger partial charge on any atom is -0.490 e. The molecule has 9 nitrogen and oxygen atoms in total. The SMILES string of the molecule is CCOCCOc1ccccc1C(=O)NC(=S)N1CCNC(=O)C1CC(=O)OCCCc1ccccc1. The van der Waals surface area contributed by atoms with Crippen LogP contribution in [0.3, 0.4) is 0 Å². The number of esters is 1. The maximum atomic E-state index is 13.0. The van der Waals surface area contributed by atoms with Crippen LogP contribution in [0.1, 0.15) is 35.7 Å². The predicted molar refractivity (Wildman–Crippen MR) is 142 cm³/mol. The van der Waals surface area contributed by atoms with Crippen molar-refractivity contribution >= 4 is 35.1 Å². The van der Waals surface area contributed by atoms with Crippen LogP contribution in [0.4, 0.5) is 0 Å². The third-order valence-electron chi connectivity index (χ3n) is 5.71. The highest BCUT2D eigenvalue weighted by Crippen LogP contribution is 2.18. The smallest absolute Gasteiger partial charge is 0.308 e. The van der Waals surface area contributed by atoms with Gasteiger partial charge in [0.1, 0.15) is 18.4 Å². The Balaban J connectivity index is 1.54. The van der Waals surface area contributed by atoms with Gasteiger partial charge in [-0.2, -0.15) is 0 Å². The van der Waals surface area contributed by atoms with E-state index >= 15 is 0 Å². The zero-order valence-electron chi connectivity index (χ0n) is 20.9. The lowest BCUT2D eigenvalue weighted by Crippen LogP contribution is -2.60. The molecule has 1 aliphatic heterocycles. The Bertz CT molecular complexity index is 1070. The number of carbonyl (C=O) groups excluding carboxylic acids is 3. The summed E-state index contributed by atoms with van der Waals surface area (Å²) in [5.74, 6) is -0.911. The summed E-state index contributed by atoms with van der Waals surface area (Å²) in [6.07, 6.45) is 1.29. The molecule has 1 saturated heterocycles. The first-order chi connectivity index (χ1) is 18.0. The number of carbonyl (C=O) groups is 3. The summed E-state index contributed by atoms with van der Waals surface area (Å²) in [6, 6.07) is 15.9. The van der Waals surface area contributed by atoms with Crippen LogP contribution in [-0.2, 0) is 25.5 Å². The molecule has 2 aromatic carbocycles. The van der Waals surface area contributed by atoms with E-state index in [9.17, 15) is 14.4 Å². The van der Waals surface area contributed by atoms with Gasteiger partial charge in [0.05, 0.1) is 25.2 Å². The van der Waals surface area contributed by atoms with Crippen LogP contribution < -0.4 is 15.4 Å². The molecule has 2 amide bonds. The van der Waals surface area contributed by atoms with Crippen molar-refractivity contribution in [3.63, 3.8) is 0 Å². The highest BCUT2D eigenvalue weighted by Gasteiger charge is 2.34. The van der Waals surface area contributed by atoms with Crippen molar-refractivity contribution in [2.75, 3.05) is 39.5 Å². The van der Waals surface area contributed by atoms with Gasteiger partial charge in [-0.15, -0.1) is 0 Å². The highest BCUT2D eigenvalue weighted by molar-refractivity contribution is 7.80. The molecule has 0 aromatic heterocycles. The fraction of sp³-hybridized carbons (Fsp3) is 0.407. The van der Waals surface area contributed by atoms with Crippen molar-refractivity contribution in [2.24, 2.45) is 0 Å². The number of amides is 2. The zero-order valence-corrected chi connectivity index (χ0v) is 21.8. The number of benzene rings is 2. The van der Waals surface area contributed by atoms with Crippen molar-refractivity contribution in [3.8, 4) is 5.75 Å². The van der Waals surface area contributed by atoms with E-state index in [1.807, 2.05) is 37.3 Å². The summed E-state index contributed by atoms with van der Waals surface area (Å²) in [6.45, 7) is 4.11. The van der Waals surface area contributed by atoms with Crippen molar-refractivity contribution in [1.82, 2.24) is 15.5 Å². The Labute approximate surface area is 222 Å². The molecule has 37 heavy (non-hydrogen) atoms. The Morgan fingerprint density at radius 2 is 1.84 bits per heavy atom. The van der Waals surface area contributed by atoms with Crippen LogP contribution in [0.2, 0.25) is 0 Å². The second-order valence-electron chi connectivity index (χ2n) is 8.31. The fourth-order valence-electron chi connectivity index (χ4n) is 3.86. The first kappa shape index (κ1) is 28.1. The molecule has 1 atom stereocenters. The summed E-state index contributed by atoms with van der Waals surface area (Å²) in [5.41, 5.74) is 1.47. The molecular formula is C27H33N3O6S. The molecule has 1 aliphatic rings. The van der Waals surface area contributed by atoms with Crippen molar-refractivity contribution in [3.05, 3.63) is 65.7 Å². The number of hydrogen-bond acceptors (Lipinski definition) is 7. The Kier molecular flexibility index (Phi) is 11.3. The Hall–Kier alpha value is -3.50. The molecule has 0 radical (unpaired) electrons. The number of piperazine rings is 1. The molecular weight excluding hydrogens is 494 g/mol. The molecule has 3 rings (SSSR count). The third-order valence-corrected chi connectivity index (χ3v) is 6.05. The Morgan fingerprint density at radius 3 is 2.62 bits per heavy atom. The predicted octanol–water partition coefficient (Wildman–Crippen LogP) is 2.48. The average Bonchev–Trinajstić information content (AvgIpc) is 2.91. The number of thiocarbonyl (C=S) groups is 1. The number of ether oxygens (including phenoxy) is 3. The first-order valence-corrected chi connectivity index (χ1v) is 12.8. The quantitative estimate of drug-likeness (QED) is 0.246. The molecule has 0 bridgehead atoms. The van der Waals surface area contributed by atoms with Crippen LogP contribution in [0, 0.1) is 0 Å². The first-order valence-electron chi connectivity index (χ1n) is 12.4. The Morgan fingerprint density at radius 1 is 1.08 bits per heavy atom. The van der Waals surface area contributed by atoms with Gasteiger partial charge in [0, 0.05) is 19.7 Å². The van der Waals surface area contributed by atoms with Gasteiger partial charge in [0.15, 0.2) is 5.11 Å². The van der Waals surface area contributed by atoms with Crippen LogP contribution in [0.25, 0.3) is 0 Å². The second kappa shape index (κ2) is 14.9. The second-order valence-corrected chi connectivity index (χ2v) is 8.70. The average molecular weight is 528 g/mol. The molecule has 198 valence electrons. The van der Waals surface area contributed by atoms with E-state index in [0.29, 0.717) is 50.6 Å². The van der Waals surface area contributed by atoms with E-state index in [2.05, 4.69) is 10.6 Å². The number of nitrogens with zero attached hydrogens (tertiary/aromatic N) is 1. The largest absolute Gasteiger partial charge is 0.490 e. The van der Waals surface area contributed by atoms with E-state index in [-0.39, 0.29) is 24.0 Å². The minimum atomic E-state index is -0.874. The van der Waals surface area contributed by atoms with E-state index in [0.717, 1.165) is 6.42 Å². The maximum Gasteiger partial charge on any atom is 0.308 e. The summed E-state index contributed by atoms with van der Waals surface area (Å²) < 4.78 is 16.3. The normalized spacial score (nSPS) is 15.0. The van der Waals surface area contributed by atoms with E-state index in [1.165, 1.54) is 5.56 Å². The molecule has 2 N–H and O–H groups in total. The lowest BCUT2D eigenvalue weighted by Gasteiger charge is -2.36. The molecule has 0 spiro atoms. The van der Waals surface area contributed by atoms with Gasteiger partial charge in [0.25, 0.3) is 5.91 Å². The van der Waals surface area contributed by atoms with Crippen LogP contribution >= 0.6 is 12.2 Å². The van der Waals surface area contributed by atoms with Crippen molar-refractivity contribution < 1.29 is 28.6 Å². The molecule has 1 unspecified atom stereocenters. The van der Waals surface area contributed by atoms with E-state index < -0.39 is 17.9 Å². The number of para-hydroxylation sites is 1. The molecule has 1 heterocycles. The van der Waals surface area contributed by atoms with Gasteiger partial charge in [-0.3, -0.25) is 19.7 Å². The van der Waals surface area contributed by atoms with Crippen LogP contribution in [0.15, 0.2) is 54.6 Å². The summed E-state index contributed by atoms with van der Waals surface area (Å²) in [4.78, 5) is 39.6. The third kappa shape index (κ3) is 8.83.